The Bertz CT molecular complexity index is 1260. The molecule has 0 bridgehead atoms. The third-order valence-corrected chi connectivity index (χ3v) is 6.44. The monoisotopic (exact) mass is 571 g/mol. The van der Waals surface area contributed by atoms with Crippen molar-refractivity contribution in [2.45, 2.75) is 55.0 Å². The van der Waals surface area contributed by atoms with E-state index in [0.717, 1.165) is 10.9 Å². The molecule has 1 aromatic heterocycles. The minimum absolute atomic E-state index is 0.155. The Balaban J connectivity index is 2.06. The van der Waals surface area contributed by atoms with Crippen LogP contribution in [0.5, 0.6) is 11.5 Å². The lowest BCUT2D eigenvalue weighted by molar-refractivity contribution is 0.0512. The summed E-state index contributed by atoms with van der Waals surface area (Å²) in [6.07, 6.45) is 0. The van der Waals surface area contributed by atoms with Crippen LogP contribution in [0.15, 0.2) is 40.9 Å². The normalized spacial score (nSPS) is 11.5. The smallest absolute Gasteiger partial charge is 0.356 e. The summed E-state index contributed by atoms with van der Waals surface area (Å²) in [4.78, 5) is 26.5. The molecule has 7 heteroatoms. The zero-order valence-electron chi connectivity index (χ0n) is 22.9. The van der Waals surface area contributed by atoms with E-state index in [1.165, 1.54) is 0 Å². The topological polar surface area (TPSA) is 66.8 Å². The van der Waals surface area contributed by atoms with Gasteiger partial charge in [-0.05, 0) is 70.9 Å². The van der Waals surface area contributed by atoms with Crippen LogP contribution in [0.3, 0.4) is 0 Å². The number of nitrogens with zero attached hydrogens (tertiary/aromatic N) is 1. The zero-order chi connectivity index (χ0) is 27.3. The van der Waals surface area contributed by atoms with Gasteiger partial charge in [0.1, 0.15) is 17.2 Å². The second-order valence-corrected chi connectivity index (χ2v) is 11.3. The summed E-state index contributed by atoms with van der Waals surface area (Å²) in [5, 5.41) is 0.788. The zero-order valence-corrected chi connectivity index (χ0v) is 24.5. The molecule has 1 heterocycles. The number of esters is 1. The van der Waals surface area contributed by atoms with E-state index in [1.54, 1.807) is 25.1 Å². The largest absolute Gasteiger partial charge is 0.493 e. The Morgan fingerprint density at radius 1 is 0.892 bits per heavy atom. The first-order valence-corrected chi connectivity index (χ1v) is 13.8. The number of ketones is 1. The Kier molecular flexibility index (Phi) is 9.82. The van der Waals surface area contributed by atoms with E-state index in [4.69, 9.17) is 14.2 Å². The first kappa shape index (κ1) is 28.8. The number of carbonyl (C=O) groups excluding carboxylic acids is 2. The molecule has 0 atom stereocenters. The Morgan fingerprint density at radius 2 is 1.57 bits per heavy atom. The van der Waals surface area contributed by atoms with Gasteiger partial charge in [0.15, 0.2) is 5.78 Å². The Hall–Kier alpha value is -2.80. The average Bonchev–Trinajstić information content (AvgIpc) is 3.11. The summed E-state index contributed by atoms with van der Waals surface area (Å²) in [6, 6.07) is 10.9. The van der Waals surface area contributed by atoms with Gasteiger partial charge in [0.05, 0.1) is 29.9 Å². The average molecular weight is 573 g/mol. The van der Waals surface area contributed by atoms with E-state index in [9.17, 15) is 9.59 Å². The molecule has 0 amide bonds. The number of ether oxygens (including phenoxy) is 3. The summed E-state index contributed by atoms with van der Waals surface area (Å²) < 4.78 is 19.9. The maximum Gasteiger partial charge on any atom is 0.356 e. The molecule has 0 saturated heterocycles. The molecule has 3 rings (SSSR count). The van der Waals surface area contributed by atoms with Crippen LogP contribution in [0.4, 0.5) is 0 Å². The number of halogens is 1. The number of benzene rings is 2. The number of hydrogen-bond acceptors (Lipinski definition) is 5. The summed E-state index contributed by atoms with van der Waals surface area (Å²) in [6.45, 7) is 16.3. The molecule has 2 aromatic carbocycles. The number of carbonyl (C=O) groups is 2. The molecule has 3 aromatic rings. The standard InChI is InChI=1S/C30H38BrNO5/c1-8-35-30(34)28-27(31)24-13-21(9-12-25(24)32(28)15-18(2)3)29(33)23-11-10-22(36-16-19(4)5)14-26(23)37-17-20(6)7/h9-14,18-20H,8,15-17H2,1-7H3. The van der Waals surface area contributed by atoms with Crippen LogP contribution < -0.4 is 9.47 Å². The molecule has 200 valence electrons. The van der Waals surface area contributed by atoms with Crippen LogP contribution in [0.1, 0.15) is 74.9 Å². The number of aromatic nitrogens is 1. The molecule has 0 saturated carbocycles. The fourth-order valence-corrected chi connectivity index (χ4v) is 4.68. The van der Waals surface area contributed by atoms with E-state index in [-0.39, 0.29) is 18.4 Å². The van der Waals surface area contributed by atoms with Gasteiger partial charge in [-0.2, -0.15) is 0 Å². The maximum absolute atomic E-state index is 13.7. The minimum Gasteiger partial charge on any atom is -0.493 e. The first-order chi connectivity index (χ1) is 17.5. The van der Waals surface area contributed by atoms with Gasteiger partial charge in [-0.15, -0.1) is 0 Å². The molecule has 6 nitrogen and oxygen atoms in total. The molecule has 0 aliphatic heterocycles. The van der Waals surface area contributed by atoms with Crippen molar-refractivity contribution in [3.63, 3.8) is 0 Å². The Labute approximate surface area is 228 Å². The lowest BCUT2D eigenvalue weighted by Crippen LogP contribution is -2.15. The van der Waals surface area contributed by atoms with Crippen molar-refractivity contribution < 1.29 is 23.8 Å². The third kappa shape index (κ3) is 6.95. The van der Waals surface area contributed by atoms with Gasteiger partial charge >= 0.3 is 5.97 Å². The van der Waals surface area contributed by atoms with E-state index in [1.807, 2.05) is 22.8 Å². The Morgan fingerprint density at radius 3 is 2.19 bits per heavy atom. The molecular formula is C30H38BrNO5. The molecule has 0 aliphatic carbocycles. The van der Waals surface area contributed by atoms with Crippen molar-refractivity contribution in [3.8, 4) is 11.5 Å². The predicted octanol–water partition coefficient (Wildman–Crippen LogP) is 7.54. The van der Waals surface area contributed by atoms with Crippen LogP contribution in [0.2, 0.25) is 0 Å². The minimum atomic E-state index is -0.388. The highest BCUT2D eigenvalue weighted by molar-refractivity contribution is 9.10. The summed E-state index contributed by atoms with van der Waals surface area (Å²) in [5.41, 5.74) is 2.31. The predicted molar refractivity (Wildman–Crippen MR) is 151 cm³/mol. The van der Waals surface area contributed by atoms with E-state index < -0.39 is 0 Å². The van der Waals surface area contributed by atoms with Gasteiger partial charge in [0.2, 0.25) is 0 Å². The van der Waals surface area contributed by atoms with Crippen molar-refractivity contribution in [1.82, 2.24) is 4.57 Å². The van der Waals surface area contributed by atoms with Crippen LogP contribution in [0.25, 0.3) is 10.9 Å². The SMILES string of the molecule is CCOC(=O)c1c(Br)c2cc(C(=O)c3ccc(OCC(C)C)cc3OCC(C)C)ccc2n1CC(C)C. The highest BCUT2D eigenvalue weighted by Gasteiger charge is 2.25. The van der Waals surface area contributed by atoms with Crippen molar-refractivity contribution in [1.29, 1.82) is 0 Å². The van der Waals surface area contributed by atoms with Gasteiger partial charge in [0.25, 0.3) is 0 Å². The van der Waals surface area contributed by atoms with Crippen molar-refractivity contribution >= 4 is 38.6 Å². The number of rotatable bonds is 12. The highest BCUT2D eigenvalue weighted by Crippen LogP contribution is 2.35. The third-order valence-electron chi connectivity index (χ3n) is 5.63. The van der Waals surface area contributed by atoms with Gasteiger partial charge in [-0.25, -0.2) is 4.79 Å². The fraction of sp³-hybridized carbons (Fsp3) is 0.467. The molecule has 0 fully saturated rings. The van der Waals surface area contributed by atoms with Crippen LogP contribution in [-0.2, 0) is 11.3 Å². The molecule has 0 unspecified atom stereocenters. The second-order valence-electron chi connectivity index (χ2n) is 10.5. The van der Waals surface area contributed by atoms with Crippen LogP contribution >= 0.6 is 15.9 Å². The van der Waals surface area contributed by atoms with Gasteiger partial charge in [-0.1, -0.05) is 41.5 Å². The molecule has 0 N–H and O–H groups in total. The molecule has 0 radical (unpaired) electrons. The maximum atomic E-state index is 13.7. The van der Waals surface area contributed by atoms with Gasteiger partial charge in [0, 0.05) is 29.1 Å². The highest BCUT2D eigenvalue weighted by atomic mass is 79.9. The molecule has 0 spiro atoms. The molecular weight excluding hydrogens is 534 g/mol. The fourth-order valence-electron chi connectivity index (χ4n) is 3.98. The lowest BCUT2D eigenvalue weighted by atomic mass is 10.0. The van der Waals surface area contributed by atoms with Crippen molar-refractivity contribution in [2.24, 2.45) is 17.8 Å². The van der Waals surface area contributed by atoms with Crippen LogP contribution in [0, 0.1) is 17.8 Å². The quantitative estimate of drug-likeness (QED) is 0.166. The van der Waals surface area contributed by atoms with Crippen molar-refractivity contribution in [2.75, 3.05) is 19.8 Å². The molecule has 0 aliphatic rings. The van der Waals surface area contributed by atoms with E-state index in [0.29, 0.717) is 70.3 Å². The number of fused-ring (bicyclic) bond motifs is 1. The first-order valence-electron chi connectivity index (χ1n) is 13.0. The second kappa shape index (κ2) is 12.6. The summed E-state index contributed by atoms with van der Waals surface area (Å²) >= 11 is 3.62. The van der Waals surface area contributed by atoms with E-state index in [2.05, 4.69) is 57.5 Å². The lowest BCUT2D eigenvalue weighted by Gasteiger charge is -2.16. The van der Waals surface area contributed by atoms with Gasteiger partial charge in [-0.3, -0.25) is 4.79 Å². The summed E-state index contributed by atoms with van der Waals surface area (Å²) in [7, 11) is 0. The van der Waals surface area contributed by atoms with Gasteiger partial charge < -0.3 is 18.8 Å². The molecule has 37 heavy (non-hydrogen) atoms. The van der Waals surface area contributed by atoms with Crippen molar-refractivity contribution in [3.05, 3.63) is 57.7 Å². The number of hydrogen-bond donors (Lipinski definition) is 0. The van der Waals surface area contributed by atoms with Crippen LogP contribution in [-0.4, -0.2) is 36.1 Å². The van der Waals surface area contributed by atoms with E-state index >= 15 is 0 Å². The summed E-state index contributed by atoms with van der Waals surface area (Å²) in [5.74, 6) is 1.63.